The molecule has 1 saturated carbocycles. The van der Waals surface area contributed by atoms with Gasteiger partial charge in [0.2, 0.25) is 0 Å². The van der Waals surface area contributed by atoms with Crippen molar-refractivity contribution in [3.63, 3.8) is 0 Å². The van der Waals surface area contributed by atoms with Crippen LogP contribution in [-0.4, -0.2) is 35.6 Å². The minimum Gasteiger partial charge on any atom is -0.481 e. The van der Waals surface area contributed by atoms with Crippen molar-refractivity contribution >= 4 is 5.97 Å². The second kappa shape index (κ2) is 3.90. The number of hydrogen-bond donors (Lipinski definition) is 1. The molecule has 1 aliphatic rings. The summed E-state index contributed by atoms with van der Waals surface area (Å²) in [6.07, 6.45) is 2.82. The van der Waals surface area contributed by atoms with Gasteiger partial charge in [-0.1, -0.05) is 6.92 Å². The van der Waals surface area contributed by atoms with Crippen LogP contribution < -0.4 is 0 Å². The van der Waals surface area contributed by atoms with Crippen molar-refractivity contribution in [3.8, 4) is 0 Å². The van der Waals surface area contributed by atoms with E-state index >= 15 is 0 Å². The Labute approximate surface area is 73.4 Å². The smallest absolute Gasteiger partial charge is 0.306 e. The molecule has 1 fully saturated rings. The fraction of sp³-hybridized carbons (Fsp3) is 0.889. The van der Waals surface area contributed by atoms with E-state index in [0.29, 0.717) is 6.04 Å². The molecule has 3 heteroatoms. The maximum atomic E-state index is 10.5. The maximum absolute atomic E-state index is 10.5. The first-order valence-electron chi connectivity index (χ1n) is 4.58. The van der Waals surface area contributed by atoms with Crippen LogP contribution in [0.2, 0.25) is 0 Å². The molecule has 0 amide bonds. The Hall–Kier alpha value is -0.570. The molecular weight excluding hydrogens is 154 g/mol. The topological polar surface area (TPSA) is 40.5 Å². The Morgan fingerprint density at radius 1 is 1.58 bits per heavy atom. The molecule has 0 heterocycles. The van der Waals surface area contributed by atoms with Crippen LogP contribution in [0.5, 0.6) is 0 Å². The van der Waals surface area contributed by atoms with Crippen molar-refractivity contribution < 1.29 is 9.90 Å². The fourth-order valence-corrected chi connectivity index (χ4v) is 1.68. The number of nitrogens with zero attached hydrogens (tertiary/aromatic N) is 1. The lowest BCUT2D eigenvalue weighted by Gasteiger charge is -2.39. The zero-order valence-corrected chi connectivity index (χ0v) is 7.79. The van der Waals surface area contributed by atoms with E-state index in [9.17, 15) is 4.79 Å². The Kier molecular flexibility index (Phi) is 3.09. The van der Waals surface area contributed by atoms with Crippen LogP contribution in [0, 0.1) is 5.92 Å². The molecule has 0 atom stereocenters. The number of aliphatic carboxylic acids is 1. The van der Waals surface area contributed by atoms with E-state index < -0.39 is 5.97 Å². The monoisotopic (exact) mass is 171 g/mol. The molecule has 0 aromatic carbocycles. The van der Waals surface area contributed by atoms with E-state index in [1.807, 2.05) is 0 Å². The Morgan fingerprint density at radius 2 is 2.17 bits per heavy atom. The van der Waals surface area contributed by atoms with E-state index in [0.717, 1.165) is 25.8 Å². The molecule has 0 bridgehead atoms. The predicted molar refractivity (Wildman–Crippen MR) is 47.1 cm³/mol. The van der Waals surface area contributed by atoms with Gasteiger partial charge in [0.1, 0.15) is 0 Å². The summed E-state index contributed by atoms with van der Waals surface area (Å²) in [7, 11) is 2.08. The van der Waals surface area contributed by atoms with Crippen LogP contribution in [0.25, 0.3) is 0 Å². The van der Waals surface area contributed by atoms with Crippen molar-refractivity contribution in [3.05, 3.63) is 0 Å². The molecule has 0 aromatic heterocycles. The number of hydrogen-bond acceptors (Lipinski definition) is 2. The SMILES string of the molecule is CCCN(C)C1CC(C(=O)O)C1. The van der Waals surface area contributed by atoms with Crippen LogP contribution in [-0.2, 0) is 4.79 Å². The van der Waals surface area contributed by atoms with Crippen LogP contribution in [0.15, 0.2) is 0 Å². The lowest BCUT2D eigenvalue weighted by Crippen LogP contribution is -2.45. The van der Waals surface area contributed by atoms with Gasteiger partial charge in [0.05, 0.1) is 5.92 Å². The highest BCUT2D eigenvalue weighted by Gasteiger charge is 2.36. The number of carboxylic acids is 1. The normalized spacial score (nSPS) is 28.6. The Balaban J connectivity index is 2.20. The zero-order chi connectivity index (χ0) is 9.14. The summed E-state index contributed by atoms with van der Waals surface area (Å²) in [5, 5.41) is 8.64. The van der Waals surface area contributed by atoms with E-state index in [-0.39, 0.29) is 5.92 Å². The van der Waals surface area contributed by atoms with E-state index in [2.05, 4.69) is 18.9 Å². The first-order valence-corrected chi connectivity index (χ1v) is 4.58. The first-order chi connectivity index (χ1) is 5.65. The minimum atomic E-state index is -0.629. The number of carboxylic acid groups (broad SMARTS) is 1. The van der Waals surface area contributed by atoms with Gasteiger partial charge in [0.25, 0.3) is 0 Å². The highest BCUT2D eigenvalue weighted by atomic mass is 16.4. The lowest BCUT2D eigenvalue weighted by molar-refractivity contribution is -0.146. The highest BCUT2D eigenvalue weighted by Crippen LogP contribution is 2.31. The molecule has 0 unspecified atom stereocenters. The van der Waals surface area contributed by atoms with Crippen molar-refractivity contribution in [2.24, 2.45) is 5.92 Å². The zero-order valence-electron chi connectivity index (χ0n) is 7.79. The van der Waals surface area contributed by atoms with Gasteiger partial charge < -0.3 is 10.0 Å². The van der Waals surface area contributed by atoms with E-state index in [4.69, 9.17) is 5.11 Å². The van der Waals surface area contributed by atoms with Gasteiger partial charge in [0, 0.05) is 6.04 Å². The van der Waals surface area contributed by atoms with E-state index in [1.54, 1.807) is 0 Å². The highest BCUT2D eigenvalue weighted by molar-refractivity contribution is 5.71. The molecule has 1 rings (SSSR count). The van der Waals surface area contributed by atoms with Gasteiger partial charge in [-0.25, -0.2) is 0 Å². The van der Waals surface area contributed by atoms with Crippen LogP contribution in [0.4, 0.5) is 0 Å². The van der Waals surface area contributed by atoms with Gasteiger partial charge >= 0.3 is 5.97 Å². The van der Waals surface area contributed by atoms with Crippen molar-refractivity contribution in [1.82, 2.24) is 4.90 Å². The second-order valence-electron chi connectivity index (χ2n) is 3.64. The summed E-state index contributed by atoms with van der Waals surface area (Å²) < 4.78 is 0. The minimum absolute atomic E-state index is 0.0747. The van der Waals surface area contributed by atoms with Crippen LogP contribution >= 0.6 is 0 Å². The fourth-order valence-electron chi connectivity index (χ4n) is 1.68. The third-order valence-corrected chi connectivity index (χ3v) is 2.66. The summed E-state index contributed by atoms with van der Waals surface area (Å²) in [5.74, 6) is -0.703. The van der Waals surface area contributed by atoms with Crippen molar-refractivity contribution in [2.45, 2.75) is 32.2 Å². The quantitative estimate of drug-likeness (QED) is 0.690. The molecule has 1 aliphatic carbocycles. The second-order valence-corrected chi connectivity index (χ2v) is 3.64. The van der Waals surface area contributed by atoms with Crippen molar-refractivity contribution in [1.29, 1.82) is 0 Å². The molecule has 0 aromatic rings. The molecule has 0 radical (unpaired) electrons. The molecule has 70 valence electrons. The third-order valence-electron chi connectivity index (χ3n) is 2.66. The molecule has 12 heavy (non-hydrogen) atoms. The summed E-state index contributed by atoms with van der Waals surface area (Å²) in [4.78, 5) is 12.8. The van der Waals surface area contributed by atoms with Gasteiger partial charge in [-0.15, -0.1) is 0 Å². The number of carbonyl (C=O) groups is 1. The van der Waals surface area contributed by atoms with Gasteiger partial charge in [-0.3, -0.25) is 4.79 Å². The van der Waals surface area contributed by atoms with Crippen LogP contribution in [0.1, 0.15) is 26.2 Å². The molecule has 0 saturated heterocycles. The van der Waals surface area contributed by atoms with Gasteiger partial charge in [-0.2, -0.15) is 0 Å². The Morgan fingerprint density at radius 3 is 2.58 bits per heavy atom. The predicted octanol–water partition coefficient (Wildman–Crippen LogP) is 1.19. The molecule has 3 nitrogen and oxygen atoms in total. The summed E-state index contributed by atoms with van der Waals surface area (Å²) in [6, 6.07) is 0.519. The number of rotatable bonds is 4. The molecule has 0 spiro atoms. The van der Waals surface area contributed by atoms with E-state index in [1.165, 1.54) is 0 Å². The first kappa shape index (κ1) is 9.52. The van der Waals surface area contributed by atoms with Gasteiger partial charge in [-0.05, 0) is 32.9 Å². The molecule has 0 aliphatic heterocycles. The van der Waals surface area contributed by atoms with Crippen molar-refractivity contribution in [2.75, 3.05) is 13.6 Å². The summed E-state index contributed by atoms with van der Waals surface area (Å²) in [6.45, 7) is 3.22. The van der Waals surface area contributed by atoms with Crippen LogP contribution in [0.3, 0.4) is 0 Å². The lowest BCUT2D eigenvalue weighted by atomic mass is 9.79. The maximum Gasteiger partial charge on any atom is 0.306 e. The average Bonchev–Trinajstić information content (AvgIpc) is 1.82. The standard InChI is InChI=1S/C9H17NO2/c1-3-4-10(2)8-5-7(6-8)9(11)12/h7-8H,3-6H2,1-2H3,(H,11,12). The molecule has 1 N–H and O–H groups in total. The van der Waals surface area contributed by atoms with Gasteiger partial charge in [0.15, 0.2) is 0 Å². The summed E-state index contributed by atoms with van der Waals surface area (Å²) in [5.41, 5.74) is 0. The third kappa shape index (κ3) is 1.97. The summed E-state index contributed by atoms with van der Waals surface area (Å²) >= 11 is 0. The Bertz CT molecular complexity index is 164. The average molecular weight is 171 g/mol. The largest absolute Gasteiger partial charge is 0.481 e. The molecular formula is C9H17NO2.